The van der Waals surface area contributed by atoms with Crippen LogP contribution in [0.15, 0.2) is 30.3 Å². The third-order valence-corrected chi connectivity index (χ3v) is 4.18. The Bertz CT molecular complexity index is 645. The second-order valence-electron chi connectivity index (χ2n) is 6.27. The molecule has 0 spiro atoms. The van der Waals surface area contributed by atoms with Crippen molar-refractivity contribution in [1.29, 1.82) is 0 Å². The molecule has 0 saturated carbocycles. The molecule has 0 radical (unpaired) electrons. The van der Waals surface area contributed by atoms with Crippen molar-refractivity contribution in [2.24, 2.45) is 0 Å². The molecule has 1 rings (SSSR count). The van der Waals surface area contributed by atoms with E-state index in [2.05, 4.69) is 15.4 Å². The van der Waals surface area contributed by atoms with Crippen LogP contribution in [0.2, 0.25) is 0 Å². The molecule has 0 saturated heterocycles. The fourth-order valence-electron chi connectivity index (χ4n) is 2.51. The molecule has 0 aromatic heterocycles. The van der Waals surface area contributed by atoms with Gasteiger partial charge in [0.05, 0.1) is 13.2 Å². The third-order valence-electron chi connectivity index (χ3n) is 4.18. The number of ether oxygens (including phenoxy) is 1. The molecular formula is C20H28N2O5. The standard InChI is InChI=1S/C20H28N2O5/c1-4-16(23)10-11-17(20(26)27-3)22-19(25)13-12-18(24)21-14(2)15-8-6-5-7-9-15/h5-9,14,17H,4,10-13H2,1-3H3,(H,21,24)(H,22,25)/t14-,17+/m1/s1. The Labute approximate surface area is 159 Å². The summed E-state index contributed by atoms with van der Waals surface area (Å²) in [4.78, 5) is 47.3. The van der Waals surface area contributed by atoms with Gasteiger partial charge < -0.3 is 15.4 Å². The normalized spacial score (nSPS) is 12.6. The lowest BCUT2D eigenvalue weighted by atomic mass is 10.1. The van der Waals surface area contributed by atoms with Gasteiger partial charge in [0.1, 0.15) is 11.8 Å². The molecule has 0 aliphatic rings. The smallest absolute Gasteiger partial charge is 0.328 e. The fourth-order valence-corrected chi connectivity index (χ4v) is 2.51. The zero-order valence-corrected chi connectivity index (χ0v) is 16.1. The van der Waals surface area contributed by atoms with Gasteiger partial charge in [0.15, 0.2) is 0 Å². The Kier molecular flexibility index (Phi) is 9.79. The first-order valence-electron chi connectivity index (χ1n) is 9.10. The van der Waals surface area contributed by atoms with E-state index in [0.717, 1.165) is 5.56 Å². The molecule has 0 heterocycles. The summed E-state index contributed by atoms with van der Waals surface area (Å²) in [5.41, 5.74) is 0.974. The minimum Gasteiger partial charge on any atom is -0.467 e. The van der Waals surface area contributed by atoms with Crippen LogP contribution >= 0.6 is 0 Å². The number of rotatable bonds is 11. The Balaban J connectivity index is 2.45. The molecule has 1 aromatic rings. The summed E-state index contributed by atoms with van der Waals surface area (Å²) >= 11 is 0. The zero-order chi connectivity index (χ0) is 20.2. The first kappa shape index (κ1) is 22.3. The van der Waals surface area contributed by atoms with Crippen LogP contribution in [-0.4, -0.2) is 36.7 Å². The van der Waals surface area contributed by atoms with Crippen LogP contribution in [0, 0.1) is 0 Å². The first-order valence-corrected chi connectivity index (χ1v) is 9.10. The van der Waals surface area contributed by atoms with E-state index in [1.165, 1.54) is 7.11 Å². The van der Waals surface area contributed by atoms with E-state index in [1.807, 2.05) is 37.3 Å². The predicted molar refractivity (Wildman–Crippen MR) is 101 cm³/mol. The van der Waals surface area contributed by atoms with Crippen LogP contribution in [-0.2, 0) is 23.9 Å². The lowest BCUT2D eigenvalue weighted by Crippen LogP contribution is -2.42. The number of methoxy groups -OCH3 is 1. The number of hydrogen-bond acceptors (Lipinski definition) is 5. The molecule has 0 unspecified atom stereocenters. The Hall–Kier alpha value is -2.70. The van der Waals surface area contributed by atoms with Crippen molar-refractivity contribution in [3.05, 3.63) is 35.9 Å². The lowest BCUT2D eigenvalue weighted by Gasteiger charge is -2.17. The van der Waals surface area contributed by atoms with Crippen molar-refractivity contribution in [2.45, 2.75) is 58.0 Å². The van der Waals surface area contributed by atoms with Crippen LogP contribution in [0.25, 0.3) is 0 Å². The van der Waals surface area contributed by atoms with Gasteiger partial charge in [-0.05, 0) is 18.9 Å². The van der Waals surface area contributed by atoms with Crippen LogP contribution < -0.4 is 10.6 Å². The molecule has 0 aliphatic carbocycles. The highest BCUT2D eigenvalue weighted by Crippen LogP contribution is 2.11. The Morgan fingerprint density at radius 3 is 2.11 bits per heavy atom. The van der Waals surface area contributed by atoms with Crippen LogP contribution in [0.5, 0.6) is 0 Å². The van der Waals surface area contributed by atoms with Gasteiger partial charge in [0.2, 0.25) is 11.8 Å². The maximum absolute atomic E-state index is 12.1. The summed E-state index contributed by atoms with van der Waals surface area (Å²) in [6.07, 6.45) is 0.697. The van der Waals surface area contributed by atoms with Gasteiger partial charge in [0.25, 0.3) is 0 Å². The molecule has 1 aromatic carbocycles. The zero-order valence-electron chi connectivity index (χ0n) is 16.1. The largest absolute Gasteiger partial charge is 0.467 e. The maximum Gasteiger partial charge on any atom is 0.328 e. The number of nitrogens with one attached hydrogen (secondary N) is 2. The minimum atomic E-state index is -0.885. The van der Waals surface area contributed by atoms with Crippen LogP contribution in [0.1, 0.15) is 57.6 Å². The quantitative estimate of drug-likeness (QED) is 0.576. The monoisotopic (exact) mass is 376 g/mol. The molecular weight excluding hydrogens is 348 g/mol. The van der Waals surface area contributed by atoms with Crippen molar-refractivity contribution >= 4 is 23.6 Å². The van der Waals surface area contributed by atoms with Crippen molar-refractivity contribution in [2.75, 3.05) is 7.11 Å². The van der Waals surface area contributed by atoms with Gasteiger partial charge in [-0.15, -0.1) is 0 Å². The molecule has 2 atom stereocenters. The molecule has 0 aliphatic heterocycles. The van der Waals surface area contributed by atoms with Crippen molar-refractivity contribution in [3.8, 4) is 0 Å². The number of amides is 2. The van der Waals surface area contributed by atoms with Gasteiger partial charge in [-0.2, -0.15) is 0 Å². The first-order chi connectivity index (χ1) is 12.9. The number of benzene rings is 1. The predicted octanol–water partition coefficient (Wildman–Crippen LogP) is 2.06. The fraction of sp³-hybridized carbons (Fsp3) is 0.500. The number of esters is 1. The maximum atomic E-state index is 12.1. The van der Waals surface area contributed by atoms with Crippen LogP contribution in [0.4, 0.5) is 0 Å². The van der Waals surface area contributed by atoms with Gasteiger partial charge >= 0.3 is 5.97 Å². The van der Waals surface area contributed by atoms with E-state index < -0.39 is 17.9 Å². The number of carbonyl (C=O) groups excluding carboxylic acids is 4. The van der Waals surface area contributed by atoms with E-state index in [4.69, 9.17) is 0 Å². The number of ketones is 1. The number of hydrogen-bond donors (Lipinski definition) is 2. The molecule has 0 bridgehead atoms. The SMILES string of the molecule is CCC(=O)CC[C@H](NC(=O)CCC(=O)N[C@H](C)c1ccccc1)C(=O)OC. The van der Waals surface area contributed by atoms with Crippen molar-refractivity contribution in [3.63, 3.8) is 0 Å². The molecule has 0 fully saturated rings. The second-order valence-corrected chi connectivity index (χ2v) is 6.27. The van der Waals surface area contributed by atoms with E-state index >= 15 is 0 Å². The Morgan fingerprint density at radius 1 is 0.963 bits per heavy atom. The average molecular weight is 376 g/mol. The summed E-state index contributed by atoms with van der Waals surface area (Å²) < 4.78 is 4.66. The molecule has 7 heteroatoms. The van der Waals surface area contributed by atoms with Gasteiger partial charge in [-0.1, -0.05) is 37.3 Å². The van der Waals surface area contributed by atoms with Gasteiger partial charge in [-0.25, -0.2) is 4.79 Å². The Morgan fingerprint density at radius 2 is 1.56 bits per heavy atom. The highest BCUT2D eigenvalue weighted by atomic mass is 16.5. The second kappa shape index (κ2) is 11.8. The summed E-state index contributed by atoms with van der Waals surface area (Å²) in [6.45, 7) is 3.61. The summed E-state index contributed by atoms with van der Waals surface area (Å²) in [7, 11) is 1.22. The molecule has 7 nitrogen and oxygen atoms in total. The third kappa shape index (κ3) is 8.48. The highest BCUT2D eigenvalue weighted by molar-refractivity contribution is 5.88. The van der Waals surface area contributed by atoms with Crippen molar-refractivity contribution in [1.82, 2.24) is 10.6 Å². The van der Waals surface area contributed by atoms with Gasteiger partial charge in [-0.3, -0.25) is 14.4 Å². The summed E-state index contributed by atoms with van der Waals surface area (Å²) in [5, 5.41) is 5.37. The lowest BCUT2D eigenvalue weighted by molar-refractivity contribution is -0.145. The highest BCUT2D eigenvalue weighted by Gasteiger charge is 2.22. The molecule has 2 N–H and O–H groups in total. The number of carbonyl (C=O) groups is 4. The topological polar surface area (TPSA) is 102 Å². The van der Waals surface area contributed by atoms with Gasteiger partial charge in [0, 0.05) is 25.7 Å². The minimum absolute atomic E-state index is 0.00475. The van der Waals surface area contributed by atoms with Crippen molar-refractivity contribution < 1.29 is 23.9 Å². The van der Waals surface area contributed by atoms with E-state index in [-0.39, 0.29) is 43.4 Å². The van der Waals surface area contributed by atoms with Crippen LogP contribution in [0.3, 0.4) is 0 Å². The van der Waals surface area contributed by atoms with E-state index in [9.17, 15) is 19.2 Å². The molecule has 27 heavy (non-hydrogen) atoms. The average Bonchev–Trinajstić information content (AvgIpc) is 2.69. The van der Waals surface area contributed by atoms with E-state index in [1.54, 1.807) is 6.92 Å². The summed E-state index contributed by atoms with van der Waals surface area (Å²) in [6, 6.07) is 8.46. The number of Topliss-reactive ketones (excluding diaryl/α,β-unsaturated/α-hetero) is 1. The van der Waals surface area contributed by atoms with E-state index in [0.29, 0.717) is 6.42 Å². The molecule has 2 amide bonds. The molecule has 148 valence electrons. The summed E-state index contributed by atoms with van der Waals surface area (Å²) in [5.74, 6) is -1.28.